The highest BCUT2D eigenvalue weighted by Gasteiger charge is 2.28. The minimum absolute atomic E-state index is 0.0339. The molecule has 3 rings (SSSR count). The summed E-state index contributed by atoms with van der Waals surface area (Å²) >= 11 is 0.903. The summed E-state index contributed by atoms with van der Waals surface area (Å²) in [4.78, 5) is 7.50. The third-order valence-electron chi connectivity index (χ3n) is 3.22. The molecule has 2 aromatic rings. The molecular formula is C15H8FN4O2S-. The smallest absolute Gasteiger partial charge is 0.244 e. The van der Waals surface area contributed by atoms with Gasteiger partial charge in [-0.1, -0.05) is 11.8 Å². The van der Waals surface area contributed by atoms with E-state index in [1.165, 1.54) is 18.2 Å². The number of aliphatic imine (C=N–C) groups is 1. The second-order valence-electron chi connectivity index (χ2n) is 4.78. The molecule has 1 aliphatic rings. The molecule has 0 saturated carbocycles. The van der Waals surface area contributed by atoms with Gasteiger partial charge in [-0.15, -0.1) is 0 Å². The van der Waals surface area contributed by atoms with E-state index in [9.17, 15) is 14.6 Å². The van der Waals surface area contributed by atoms with Crippen LogP contribution in [0.4, 0.5) is 4.39 Å². The Morgan fingerprint density at radius 1 is 1.43 bits per heavy atom. The minimum Gasteiger partial charge on any atom is -0.859 e. The van der Waals surface area contributed by atoms with Crippen molar-refractivity contribution in [3.05, 3.63) is 35.4 Å². The number of nitrogens with zero attached hydrogens (tertiary/aromatic N) is 4. The Morgan fingerprint density at radius 3 is 2.91 bits per heavy atom. The normalized spacial score (nSPS) is 19.6. The van der Waals surface area contributed by atoms with Crippen LogP contribution < -0.4 is 5.11 Å². The third-order valence-corrected chi connectivity index (χ3v) is 3.97. The predicted octanol–water partition coefficient (Wildman–Crippen LogP) is 0.461. The molecule has 0 spiro atoms. The van der Waals surface area contributed by atoms with Crippen LogP contribution in [0.5, 0.6) is 0 Å². The number of hydrogen-bond acceptors (Lipinski definition) is 7. The summed E-state index contributed by atoms with van der Waals surface area (Å²) in [6.45, 7) is 0.237. The molecule has 0 radical (unpaired) electrons. The van der Waals surface area contributed by atoms with E-state index in [2.05, 4.69) is 26.2 Å². The Bertz CT molecular complexity index is 906. The molecule has 0 unspecified atom stereocenters. The van der Waals surface area contributed by atoms with Crippen molar-refractivity contribution < 1.29 is 14.6 Å². The standard InChI is InChI=1S/C15H9FN4O2S/c16-11-2-1-9(3-4-15(22)5-6-18-14(15)21)7-10(11)13-19-12(8-17)20-23-13/h1-2,7,22H,5-6H2,(H,18,21)/p-1/t15-/m0/s1. The first-order valence-electron chi connectivity index (χ1n) is 6.53. The van der Waals surface area contributed by atoms with Crippen molar-refractivity contribution in [2.75, 3.05) is 6.54 Å². The lowest BCUT2D eigenvalue weighted by molar-refractivity contribution is -0.231. The van der Waals surface area contributed by atoms with E-state index < -0.39 is 17.3 Å². The monoisotopic (exact) mass is 327 g/mol. The van der Waals surface area contributed by atoms with Gasteiger partial charge in [0.15, 0.2) is 5.60 Å². The van der Waals surface area contributed by atoms with Crippen molar-refractivity contribution in [2.45, 2.75) is 12.0 Å². The number of nitriles is 1. The Hall–Kier alpha value is -2.81. The molecule has 0 fully saturated rings. The molecule has 114 valence electrons. The van der Waals surface area contributed by atoms with Crippen molar-refractivity contribution in [1.82, 2.24) is 9.36 Å². The number of hydrogen-bond donors (Lipinski definition) is 1. The molecule has 1 aromatic heterocycles. The van der Waals surface area contributed by atoms with Gasteiger partial charge in [-0.3, -0.25) is 0 Å². The number of aliphatic hydroxyl groups is 1. The lowest BCUT2D eigenvalue weighted by Crippen LogP contribution is -2.41. The van der Waals surface area contributed by atoms with Gasteiger partial charge in [0.05, 0.1) is 0 Å². The van der Waals surface area contributed by atoms with Crippen LogP contribution in [0.3, 0.4) is 0 Å². The Morgan fingerprint density at radius 2 is 2.26 bits per heavy atom. The molecule has 23 heavy (non-hydrogen) atoms. The molecule has 1 atom stereocenters. The fraction of sp³-hybridized carbons (Fsp3) is 0.200. The fourth-order valence-corrected chi connectivity index (χ4v) is 2.63. The number of halogens is 1. The van der Waals surface area contributed by atoms with Crippen LogP contribution in [0.1, 0.15) is 17.8 Å². The van der Waals surface area contributed by atoms with Gasteiger partial charge in [-0.05, 0) is 29.7 Å². The zero-order valence-corrected chi connectivity index (χ0v) is 12.4. The summed E-state index contributed by atoms with van der Waals surface area (Å²) in [5.41, 5.74) is -1.21. The first-order valence-corrected chi connectivity index (χ1v) is 7.30. The summed E-state index contributed by atoms with van der Waals surface area (Å²) in [6.07, 6.45) is 0.148. The van der Waals surface area contributed by atoms with Crippen LogP contribution in [0.15, 0.2) is 23.2 Å². The molecule has 0 aliphatic carbocycles. The largest absolute Gasteiger partial charge is 0.859 e. The van der Waals surface area contributed by atoms with Gasteiger partial charge < -0.3 is 15.2 Å². The molecule has 0 amide bonds. The summed E-state index contributed by atoms with van der Waals surface area (Å²) in [6, 6.07) is 5.85. The van der Waals surface area contributed by atoms with Crippen molar-refractivity contribution in [1.29, 1.82) is 5.26 Å². The Labute approximate surface area is 134 Å². The highest BCUT2D eigenvalue weighted by molar-refractivity contribution is 7.09. The summed E-state index contributed by atoms with van der Waals surface area (Å²) < 4.78 is 17.7. The lowest BCUT2D eigenvalue weighted by atomic mass is 10.0. The third kappa shape index (κ3) is 2.90. The second kappa shape index (κ2) is 5.76. The van der Waals surface area contributed by atoms with Gasteiger partial charge in [0, 0.05) is 30.0 Å². The lowest BCUT2D eigenvalue weighted by Gasteiger charge is -2.21. The zero-order chi connectivity index (χ0) is 16.4. The van der Waals surface area contributed by atoms with Crippen LogP contribution in [0.2, 0.25) is 0 Å². The van der Waals surface area contributed by atoms with Gasteiger partial charge in [0.2, 0.25) is 5.82 Å². The van der Waals surface area contributed by atoms with Crippen molar-refractivity contribution in [2.24, 2.45) is 4.99 Å². The SMILES string of the molecule is N#Cc1nsc(-c2cc(C#C[C@]3(O)CCN=C3[O-])ccc2F)n1. The van der Waals surface area contributed by atoms with Crippen LogP contribution in [0.25, 0.3) is 10.6 Å². The van der Waals surface area contributed by atoms with Gasteiger partial charge in [-0.2, -0.15) is 9.64 Å². The number of rotatable bonds is 1. The molecule has 6 nitrogen and oxygen atoms in total. The van der Waals surface area contributed by atoms with E-state index in [0.29, 0.717) is 5.56 Å². The maximum atomic E-state index is 13.9. The molecular weight excluding hydrogens is 319 g/mol. The van der Waals surface area contributed by atoms with Crippen LogP contribution >= 0.6 is 11.5 Å². The van der Waals surface area contributed by atoms with Gasteiger partial charge in [0.25, 0.3) is 0 Å². The fourth-order valence-electron chi connectivity index (χ4n) is 1.99. The van der Waals surface area contributed by atoms with Gasteiger partial charge in [-0.25, -0.2) is 9.37 Å². The Kier molecular flexibility index (Phi) is 3.78. The first-order chi connectivity index (χ1) is 11.0. The summed E-state index contributed by atoms with van der Waals surface area (Å²) in [7, 11) is 0. The van der Waals surface area contributed by atoms with Crippen LogP contribution in [-0.2, 0) is 0 Å². The van der Waals surface area contributed by atoms with E-state index in [-0.39, 0.29) is 29.4 Å². The predicted molar refractivity (Wildman–Crippen MR) is 78.8 cm³/mol. The molecule has 8 heteroatoms. The van der Waals surface area contributed by atoms with Gasteiger partial charge >= 0.3 is 0 Å². The molecule has 2 heterocycles. The summed E-state index contributed by atoms with van der Waals surface area (Å²) in [5.74, 6) is 3.94. The maximum absolute atomic E-state index is 13.9. The van der Waals surface area contributed by atoms with E-state index in [1.807, 2.05) is 0 Å². The number of aromatic nitrogens is 2. The molecule has 0 saturated heterocycles. The van der Waals surface area contributed by atoms with Crippen LogP contribution in [-0.4, -0.2) is 32.5 Å². The van der Waals surface area contributed by atoms with Crippen LogP contribution in [0, 0.1) is 29.0 Å². The maximum Gasteiger partial charge on any atom is 0.244 e. The van der Waals surface area contributed by atoms with E-state index >= 15 is 0 Å². The average Bonchev–Trinajstić information content (AvgIpc) is 3.14. The molecule has 1 N–H and O–H groups in total. The highest BCUT2D eigenvalue weighted by atomic mass is 32.1. The zero-order valence-electron chi connectivity index (χ0n) is 11.6. The second-order valence-corrected chi connectivity index (χ2v) is 5.53. The summed E-state index contributed by atoms with van der Waals surface area (Å²) in [5, 5.41) is 30.5. The quantitative estimate of drug-likeness (QED) is 0.766. The van der Waals surface area contributed by atoms with E-state index in [4.69, 9.17) is 5.26 Å². The molecule has 1 aliphatic heterocycles. The molecule has 1 aromatic carbocycles. The number of benzene rings is 1. The molecule has 0 bridgehead atoms. The van der Waals surface area contributed by atoms with E-state index in [0.717, 1.165) is 11.5 Å². The first kappa shape index (κ1) is 15.1. The average molecular weight is 327 g/mol. The van der Waals surface area contributed by atoms with E-state index in [1.54, 1.807) is 6.07 Å². The van der Waals surface area contributed by atoms with Gasteiger partial charge in [0.1, 0.15) is 16.9 Å². The highest BCUT2D eigenvalue weighted by Crippen LogP contribution is 2.25. The van der Waals surface area contributed by atoms with Crippen molar-refractivity contribution in [3.8, 4) is 28.5 Å². The van der Waals surface area contributed by atoms with Crippen molar-refractivity contribution >= 4 is 17.4 Å². The van der Waals surface area contributed by atoms with Crippen molar-refractivity contribution in [3.63, 3.8) is 0 Å². The minimum atomic E-state index is -1.77. The topological polar surface area (TPSA) is 105 Å². The Balaban J connectivity index is 1.96.